The molecule has 4 nitrogen and oxygen atoms in total. The molecule has 1 heterocycles. The molecule has 2 rings (SSSR count). The molecule has 96 valence electrons. The van der Waals surface area contributed by atoms with E-state index in [0.717, 1.165) is 11.1 Å². The molecule has 0 bridgehead atoms. The van der Waals surface area contributed by atoms with E-state index >= 15 is 0 Å². The molecule has 0 aliphatic heterocycles. The first kappa shape index (κ1) is 13.1. The van der Waals surface area contributed by atoms with Crippen molar-refractivity contribution in [2.45, 2.75) is 13.8 Å². The van der Waals surface area contributed by atoms with Crippen LogP contribution >= 0.6 is 11.6 Å². The van der Waals surface area contributed by atoms with Crippen molar-refractivity contribution in [2.75, 3.05) is 10.5 Å². The average molecular weight is 285 g/mol. The standard InChI is InChI=1S/C12H13ClN2O2S/c1-3-18(16,17)15-12-9-5-4-6-14-11(9)8(2)7-10(12)13/h4-7,15H,3H2,1-2H3. The van der Waals surface area contributed by atoms with Gasteiger partial charge in [-0.1, -0.05) is 11.6 Å². The second-order valence-corrected chi connectivity index (χ2v) is 6.37. The van der Waals surface area contributed by atoms with Gasteiger partial charge in [-0.15, -0.1) is 0 Å². The van der Waals surface area contributed by atoms with Gasteiger partial charge in [-0.05, 0) is 37.6 Å². The van der Waals surface area contributed by atoms with E-state index in [9.17, 15) is 8.42 Å². The zero-order valence-corrected chi connectivity index (χ0v) is 11.6. The molecule has 0 radical (unpaired) electrons. The van der Waals surface area contributed by atoms with E-state index in [4.69, 9.17) is 11.6 Å². The lowest BCUT2D eigenvalue weighted by Crippen LogP contribution is -2.15. The largest absolute Gasteiger partial charge is 0.281 e. The number of hydrogen-bond donors (Lipinski definition) is 1. The van der Waals surface area contributed by atoms with Gasteiger partial charge in [-0.2, -0.15) is 0 Å². The van der Waals surface area contributed by atoms with E-state index in [0.29, 0.717) is 16.1 Å². The van der Waals surface area contributed by atoms with Crippen LogP contribution in [0.1, 0.15) is 12.5 Å². The predicted molar refractivity (Wildman–Crippen MR) is 74.6 cm³/mol. The molecular formula is C12H13ClN2O2S. The van der Waals surface area contributed by atoms with Gasteiger partial charge in [0.25, 0.3) is 0 Å². The molecule has 1 aromatic carbocycles. The zero-order chi connectivity index (χ0) is 13.3. The summed E-state index contributed by atoms with van der Waals surface area (Å²) in [6.45, 7) is 3.46. The highest BCUT2D eigenvalue weighted by molar-refractivity contribution is 7.92. The topological polar surface area (TPSA) is 59.1 Å². The first-order chi connectivity index (χ1) is 8.44. The van der Waals surface area contributed by atoms with Crippen molar-refractivity contribution in [1.82, 2.24) is 4.98 Å². The fourth-order valence-corrected chi connectivity index (χ4v) is 2.76. The van der Waals surface area contributed by atoms with E-state index in [1.54, 1.807) is 31.3 Å². The minimum atomic E-state index is -3.36. The van der Waals surface area contributed by atoms with Gasteiger partial charge in [-0.3, -0.25) is 9.71 Å². The summed E-state index contributed by atoms with van der Waals surface area (Å²) in [5.74, 6) is -0.00103. The molecule has 0 fully saturated rings. The molecule has 0 unspecified atom stereocenters. The normalized spacial score (nSPS) is 11.7. The van der Waals surface area contributed by atoms with Gasteiger partial charge in [0.15, 0.2) is 0 Å². The monoisotopic (exact) mass is 284 g/mol. The zero-order valence-electron chi connectivity index (χ0n) is 10.1. The Kier molecular flexibility index (Phi) is 3.45. The molecule has 0 saturated heterocycles. The van der Waals surface area contributed by atoms with Gasteiger partial charge in [0.1, 0.15) is 0 Å². The Labute approximate surface area is 111 Å². The first-order valence-electron chi connectivity index (χ1n) is 5.49. The molecule has 0 atom stereocenters. The lowest BCUT2D eigenvalue weighted by atomic mass is 10.1. The highest BCUT2D eigenvalue weighted by Crippen LogP contribution is 2.33. The molecule has 0 aliphatic rings. The summed E-state index contributed by atoms with van der Waals surface area (Å²) in [7, 11) is -3.36. The Morgan fingerprint density at radius 1 is 1.44 bits per heavy atom. The second-order valence-electron chi connectivity index (χ2n) is 3.96. The number of fused-ring (bicyclic) bond motifs is 1. The van der Waals surface area contributed by atoms with Crippen molar-refractivity contribution in [3.05, 3.63) is 35.0 Å². The number of sulfonamides is 1. The smallest absolute Gasteiger partial charge is 0.232 e. The van der Waals surface area contributed by atoms with Crippen LogP contribution in [0.15, 0.2) is 24.4 Å². The molecule has 0 spiro atoms. The summed E-state index contributed by atoms with van der Waals surface area (Å²) in [5, 5.41) is 1.09. The Morgan fingerprint density at radius 3 is 2.83 bits per heavy atom. The number of halogens is 1. The molecule has 2 aromatic rings. The van der Waals surface area contributed by atoms with E-state index < -0.39 is 10.0 Å². The number of aryl methyl sites for hydroxylation is 1. The third-order valence-electron chi connectivity index (χ3n) is 2.67. The van der Waals surface area contributed by atoms with Crippen molar-refractivity contribution in [3.63, 3.8) is 0 Å². The van der Waals surface area contributed by atoms with Crippen LogP contribution in [0.5, 0.6) is 0 Å². The van der Waals surface area contributed by atoms with Crippen LogP contribution in [-0.4, -0.2) is 19.2 Å². The number of benzene rings is 1. The maximum Gasteiger partial charge on any atom is 0.232 e. The summed E-state index contributed by atoms with van der Waals surface area (Å²) in [6, 6.07) is 5.26. The number of aromatic nitrogens is 1. The number of rotatable bonds is 3. The van der Waals surface area contributed by atoms with Gasteiger partial charge in [-0.25, -0.2) is 8.42 Å². The van der Waals surface area contributed by atoms with Crippen molar-refractivity contribution >= 4 is 38.2 Å². The molecule has 0 amide bonds. The first-order valence-corrected chi connectivity index (χ1v) is 7.52. The Bertz CT molecular complexity index is 699. The molecule has 0 saturated carbocycles. The Hall–Kier alpha value is -1.33. The Morgan fingerprint density at radius 2 is 2.17 bits per heavy atom. The van der Waals surface area contributed by atoms with Crippen LogP contribution < -0.4 is 4.72 Å². The maximum absolute atomic E-state index is 11.7. The number of pyridine rings is 1. The third-order valence-corrected chi connectivity index (χ3v) is 4.24. The van der Waals surface area contributed by atoms with Gasteiger partial charge < -0.3 is 0 Å². The Balaban J connectivity index is 2.71. The highest BCUT2D eigenvalue weighted by Gasteiger charge is 2.14. The lowest BCUT2D eigenvalue weighted by molar-refractivity contribution is 0.602. The van der Waals surface area contributed by atoms with E-state index in [2.05, 4.69) is 9.71 Å². The van der Waals surface area contributed by atoms with Crippen molar-refractivity contribution in [1.29, 1.82) is 0 Å². The van der Waals surface area contributed by atoms with Crippen LogP contribution in [0.2, 0.25) is 5.02 Å². The number of nitrogens with zero attached hydrogens (tertiary/aromatic N) is 1. The molecule has 6 heteroatoms. The van der Waals surface area contributed by atoms with Crippen molar-refractivity contribution < 1.29 is 8.42 Å². The SMILES string of the molecule is CCS(=O)(=O)Nc1c(Cl)cc(C)c2ncccc12. The van der Waals surface area contributed by atoms with Crippen LogP contribution in [0.25, 0.3) is 10.9 Å². The molecule has 18 heavy (non-hydrogen) atoms. The van der Waals surface area contributed by atoms with Crippen LogP contribution in [0.3, 0.4) is 0 Å². The quantitative estimate of drug-likeness (QED) is 0.943. The minimum absolute atomic E-state index is 0.00103. The van der Waals surface area contributed by atoms with Crippen LogP contribution in [0.4, 0.5) is 5.69 Å². The number of nitrogens with one attached hydrogen (secondary N) is 1. The van der Waals surface area contributed by atoms with Crippen molar-refractivity contribution in [3.8, 4) is 0 Å². The fraction of sp³-hybridized carbons (Fsp3) is 0.250. The van der Waals surface area contributed by atoms with E-state index in [-0.39, 0.29) is 5.75 Å². The summed E-state index contributed by atoms with van der Waals surface area (Å²) in [5.41, 5.74) is 2.05. The molecule has 1 N–H and O–H groups in total. The van der Waals surface area contributed by atoms with E-state index in [1.807, 2.05) is 6.92 Å². The summed E-state index contributed by atoms with van der Waals surface area (Å²) >= 11 is 6.12. The third kappa shape index (κ3) is 2.42. The number of anilines is 1. The van der Waals surface area contributed by atoms with E-state index in [1.165, 1.54) is 0 Å². The summed E-state index contributed by atoms with van der Waals surface area (Å²) in [6.07, 6.45) is 1.67. The van der Waals surface area contributed by atoms with Crippen molar-refractivity contribution in [2.24, 2.45) is 0 Å². The fourth-order valence-electron chi connectivity index (χ4n) is 1.71. The molecule has 0 aliphatic carbocycles. The lowest BCUT2D eigenvalue weighted by Gasteiger charge is -2.12. The highest BCUT2D eigenvalue weighted by atomic mass is 35.5. The van der Waals surface area contributed by atoms with Gasteiger partial charge in [0, 0.05) is 11.6 Å². The second kappa shape index (κ2) is 4.74. The average Bonchev–Trinajstić information content (AvgIpc) is 2.34. The minimum Gasteiger partial charge on any atom is -0.281 e. The van der Waals surface area contributed by atoms with Gasteiger partial charge in [0.2, 0.25) is 10.0 Å². The van der Waals surface area contributed by atoms with Gasteiger partial charge >= 0.3 is 0 Å². The summed E-state index contributed by atoms with van der Waals surface area (Å²) < 4.78 is 25.8. The summed E-state index contributed by atoms with van der Waals surface area (Å²) in [4.78, 5) is 4.24. The van der Waals surface area contributed by atoms with Crippen LogP contribution in [-0.2, 0) is 10.0 Å². The van der Waals surface area contributed by atoms with Gasteiger partial charge in [0.05, 0.1) is 22.0 Å². The molecule has 1 aromatic heterocycles. The molecular weight excluding hydrogens is 272 g/mol. The number of hydrogen-bond acceptors (Lipinski definition) is 3. The maximum atomic E-state index is 11.7. The van der Waals surface area contributed by atoms with Crippen LogP contribution in [0, 0.1) is 6.92 Å². The predicted octanol–water partition coefficient (Wildman–Crippen LogP) is 2.96.